The van der Waals surface area contributed by atoms with E-state index in [0.717, 1.165) is 0 Å². The standard InChI is InChI=1S/C18H15F3O3/c1-2-24-18(23)12-5-3-11(4-6-12)7-14(22)10-15-16(20)8-13(19)9-17(15)21/h3-6,8-9H,2,7,10H2,1H3. The third-order valence-electron chi connectivity index (χ3n) is 3.35. The van der Waals surface area contributed by atoms with Crippen molar-refractivity contribution in [3.05, 3.63) is 70.5 Å². The Morgan fingerprint density at radius 1 is 0.958 bits per heavy atom. The molecule has 0 aliphatic carbocycles. The van der Waals surface area contributed by atoms with E-state index in [1.54, 1.807) is 19.1 Å². The van der Waals surface area contributed by atoms with Crippen molar-refractivity contribution in [2.24, 2.45) is 0 Å². The van der Waals surface area contributed by atoms with Gasteiger partial charge in [-0.1, -0.05) is 12.1 Å². The first kappa shape index (κ1) is 17.7. The smallest absolute Gasteiger partial charge is 0.338 e. The van der Waals surface area contributed by atoms with Crippen LogP contribution < -0.4 is 0 Å². The fraction of sp³-hybridized carbons (Fsp3) is 0.222. The molecular formula is C18H15F3O3. The van der Waals surface area contributed by atoms with Gasteiger partial charge < -0.3 is 4.74 Å². The molecule has 3 nitrogen and oxygen atoms in total. The number of halogens is 3. The summed E-state index contributed by atoms with van der Waals surface area (Å²) in [6, 6.07) is 7.25. The van der Waals surface area contributed by atoms with E-state index in [1.807, 2.05) is 0 Å². The minimum absolute atomic E-state index is 0.0562. The van der Waals surface area contributed by atoms with Crippen molar-refractivity contribution in [1.29, 1.82) is 0 Å². The van der Waals surface area contributed by atoms with Crippen molar-refractivity contribution in [3.8, 4) is 0 Å². The van der Waals surface area contributed by atoms with Crippen molar-refractivity contribution in [2.45, 2.75) is 19.8 Å². The van der Waals surface area contributed by atoms with E-state index in [0.29, 0.717) is 23.3 Å². The van der Waals surface area contributed by atoms with E-state index in [1.165, 1.54) is 12.1 Å². The Kier molecular flexibility index (Phi) is 5.73. The monoisotopic (exact) mass is 336 g/mol. The molecule has 0 atom stereocenters. The molecular weight excluding hydrogens is 321 g/mol. The first-order valence-corrected chi connectivity index (χ1v) is 7.32. The molecule has 0 amide bonds. The average Bonchev–Trinajstić information content (AvgIpc) is 2.52. The largest absolute Gasteiger partial charge is 0.462 e. The Morgan fingerprint density at radius 3 is 2.08 bits per heavy atom. The number of benzene rings is 2. The van der Waals surface area contributed by atoms with Crippen LogP contribution >= 0.6 is 0 Å². The molecule has 0 saturated heterocycles. The van der Waals surface area contributed by atoms with Gasteiger partial charge in [-0.2, -0.15) is 0 Å². The second-order valence-electron chi connectivity index (χ2n) is 5.16. The summed E-state index contributed by atoms with van der Waals surface area (Å²) >= 11 is 0. The first-order chi connectivity index (χ1) is 11.4. The Balaban J connectivity index is 2.04. The third-order valence-corrected chi connectivity index (χ3v) is 3.35. The number of hydrogen-bond acceptors (Lipinski definition) is 3. The summed E-state index contributed by atoms with van der Waals surface area (Å²) < 4.78 is 44.8. The number of Topliss-reactive ketones (excluding diaryl/α,β-unsaturated/α-hetero) is 1. The lowest BCUT2D eigenvalue weighted by molar-refractivity contribution is -0.117. The van der Waals surface area contributed by atoms with E-state index in [9.17, 15) is 22.8 Å². The summed E-state index contributed by atoms with van der Waals surface area (Å²) in [5.74, 6) is -4.10. The third kappa shape index (κ3) is 4.44. The fourth-order valence-electron chi connectivity index (χ4n) is 2.20. The van der Waals surface area contributed by atoms with Gasteiger partial charge in [-0.05, 0) is 24.6 Å². The first-order valence-electron chi connectivity index (χ1n) is 7.32. The number of carbonyl (C=O) groups is 2. The molecule has 0 fully saturated rings. The zero-order valence-corrected chi connectivity index (χ0v) is 12.9. The summed E-state index contributed by atoms with van der Waals surface area (Å²) in [4.78, 5) is 23.5. The Labute approximate surface area is 137 Å². The van der Waals surface area contributed by atoms with Crippen LogP contribution in [0.25, 0.3) is 0 Å². The van der Waals surface area contributed by atoms with Gasteiger partial charge in [0.15, 0.2) is 0 Å². The van der Waals surface area contributed by atoms with Crippen molar-refractivity contribution in [1.82, 2.24) is 0 Å². The fourth-order valence-corrected chi connectivity index (χ4v) is 2.20. The van der Waals surface area contributed by atoms with Crippen LogP contribution in [-0.4, -0.2) is 18.4 Å². The van der Waals surface area contributed by atoms with Gasteiger partial charge in [0.05, 0.1) is 12.2 Å². The van der Waals surface area contributed by atoms with Gasteiger partial charge in [0.2, 0.25) is 0 Å². The molecule has 24 heavy (non-hydrogen) atoms. The molecule has 0 aliphatic rings. The molecule has 126 valence electrons. The van der Waals surface area contributed by atoms with Crippen LogP contribution in [0.5, 0.6) is 0 Å². The predicted octanol–water partition coefficient (Wildman–Crippen LogP) is 3.63. The molecule has 2 rings (SSSR count). The zero-order chi connectivity index (χ0) is 17.7. The average molecular weight is 336 g/mol. The normalized spacial score (nSPS) is 10.5. The van der Waals surface area contributed by atoms with Gasteiger partial charge in [-0.3, -0.25) is 4.79 Å². The zero-order valence-electron chi connectivity index (χ0n) is 12.9. The van der Waals surface area contributed by atoms with E-state index >= 15 is 0 Å². The van der Waals surface area contributed by atoms with E-state index in [2.05, 4.69) is 0 Å². The van der Waals surface area contributed by atoms with Crippen molar-refractivity contribution < 1.29 is 27.5 Å². The number of ether oxygens (including phenoxy) is 1. The number of rotatable bonds is 6. The highest BCUT2D eigenvalue weighted by Crippen LogP contribution is 2.16. The van der Waals surface area contributed by atoms with Gasteiger partial charge >= 0.3 is 5.97 Å². The molecule has 6 heteroatoms. The quantitative estimate of drug-likeness (QED) is 0.757. The van der Waals surface area contributed by atoms with Crippen LogP contribution in [0.4, 0.5) is 13.2 Å². The topological polar surface area (TPSA) is 43.4 Å². The minimum atomic E-state index is -1.08. The van der Waals surface area contributed by atoms with Gasteiger partial charge in [0, 0.05) is 30.5 Å². The Morgan fingerprint density at radius 2 is 1.54 bits per heavy atom. The van der Waals surface area contributed by atoms with Crippen molar-refractivity contribution in [3.63, 3.8) is 0 Å². The molecule has 0 heterocycles. The van der Waals surface area contributed by atoms with Gasteiger partial charge in [0.1, 0.15) is 23.2 Å². The lowest BCUT2D eigenvalue weighted by Crippen LogP contribution is -2.10. The molecule has 0 unspecified atom stereocenters. The molecule has 0 radical (unpaired) electrons. The molecule has 0 bridgehead atoms. The maximum absolute atomic E-state index is 13.5. The van der Waals surface area contributed by atoms with Crippen LogP contribution in [-0.2, 0) is 22.4 Å². The molecule has 0 aliphatic heterocycles. The van der Waals surface area contributed by atoms with Crippen molar-refractivity contribution >= 4 is 11.8 Å². The predicted molar refractivity (Wildman–Crippen MR) is 81.1 cm³/mol. The maximum Gasteiger partial charge on any atom is 0.338 e. The highest BCUT2D eigenvalue weighted by molar-refractivity contribution is 5.89. The van der Waals surface area contributed by atoms with Gasteiger partial charge in [-0.15, -0.1) is 0 Å². The van der Waals surface area contributed by atoms with Crippen LogP contribution in [0, 0.1) is 17.5 Å². The second kappa shape index (κ2) is 7.77. The molecule has 0 N–H and O–H groups in total. The highest BCUT2D eigenvalue weighted by Gasteiger charge is 2.16. The van der Waals surface area contributed by atoms with Gasteiger partial charge in [0.25, 0.3) is 0 Å². The SMILES string of the molecule is CCOC(=O)c1ccc(CC(=O)Cc2c(F)cc(F)cc2F)cc1. The molecule has 0 spiro atoms. The molecule has 2 aromatic rings. The van der Waals surface area contributed by atoms with Crippen LogP contribution in [0.1, 0.15) is 28.4 Å². The number of carbonyl (C=O) groups excluding carboxylic acids is 2. The minimum Gasteiger partial charge on any atom is -0.462 e. The van der Waals surface area contributed by atoms with Gasteiger partial charge in [-0.25, -0.2) is 18.0 Å². The van der Waals surface area contributed by atoms with Crippen molar-refractivity contribution in [2.75, 3.05) is 6.61 Å². The van der Waals surface area contributed by atoms with Crippen LogP contribution in [0.2, 0.25) is 0 Å². The van der Waals surface area contributed by atoms with E-state index in [-0.39, 0.29) is 13.0 Å². The number of ketones is 1. The van der Waals surface area contributed by atoms with Crippen LogP contribution in [0.15, 0.2) is 36.4 Å². The summed E-state index contributed by atoms with van der Waals surface area (Å²) in [5, 5.41) is 0. The Hall–Kier alpha value is -2.63. The summed E-state index contributed by atoms with van der Waals surface area (Å²) in [6.45, 7) is 1.95. The lowest BCUT2D eigenvalue weighted by atomic mass is 10.0. The summed E-state index contributed by atoms with van der Waals surface area (Å²) in [6.07, 6.45) is -0.531. The van der Waals surface area contributed by atoms with E-state index in [4.69, 9.17) is 4.74 Å². The number of hydrogen-bond donors (Lipinski definition) is 0. The summed E-state index contributed by atoms with van der Waals surface area (Å²) in [5.41, 5.74) is 0.490. The van der Waals surface area contributed by atoms with Crippen LogP contribution in [0.3, 0.4) is 0 Å². The second-order valence-corrected chi connectivity index (χ2v) is 5.16. The molecule has 0 saturated carbocycles. The van der Waals surface area contributed by atoms with E-state index < -0.39 is 41.2 Å². The highest BCUT2D eigenvalue weighted by atomic mass is 19.1. The molecule has 2 aromatic carbocycles. The number of esters is 1. The lowest BCUT2D eigenvalue weighted by Gasteiger charge is -2.06. The maximum atomic E-state index is 13.5. The molecule has 0 aromatic heterocycles. The summed E-state index contributed by atoms with van der Waals surface area (Å²) in [7, 11) is 0. The Bertz CT molecular complexity index is 732.